The number of fused-ring (bicyclic) bond motifs is 1. The zero-order valence-corrected chi connectivity index (χ0v) is 11.8. The van der Waals surface area contributed by atoms with E-state index >= 15 is 0 Å². The molecule has 0 atom stereocenters. The van der Waals surface area contributed by atoms with Crippen molar-refractivity contribution in [1.29, 1.82) is 0 Å². The summed E-state index contributed by atoms with van der Waals surface area (Å²) in [4.78, 5) is 28.4. The fourth-order valence-electron chi connectivity index (χ4n) is 1.85. The SMILES string of the molecule is CCC(CC)C(=O)OCc1cc(=O)n2ccsc2n1. The molecule has 5 nitrogen and oxygen atoms in total. The van der Waals surface area contributed by atoms with Gasteiger partial charge >= 0.3 is 5.97 Å². The minimum Gasteiger partial charge on any atom is -0.459 e. The molecule has 0 saturated carbocycles. The monoisotopic (exact) mass is 280 g/mol. The van der Waals surface area contributed by atoms with Gasteiger partial charge in [-0.3, -0.25) is 14.0 Å². The third kappa shape index (κ3) is 3.01. The Morgan fingerprint density at radius 2 is 2.21 bits per heavy atom. The van der Waals surface area contributed by atoms with E-state index in [9.17, 15) is 9.59 Å². The first-order chi connectivity index (χ1) is 9.15. The molecule has 2 rings (SSSR count). The molecule has 6 heteroatoms. The van der Waals surface area contributed by atoms with Gasteiger partial charge in [-0.15, -0.1) is 11.3 Å². The predicted molar refractivity (Wildman–Crippen MR) is 73.2 cm³/mol. The van der Waals surface area contributed by atoms with Crippen molar-refractivity contribution in [3.8, 4) is 0 Å². The first-order valence-electron chi connectivity index (χ1n) is 6.28. The van der Waals surface area contributed by atoms with E-state index in [1.807, 2.05) is 13.8 Å². The van der Waals surface area contributed by atoms with Gasteiger partial charge in [-0.1, -0.05) is 13.8 Å². The summed E-state index contributed by atoms with van der Waals surface area (Å²) in [6, 6.07) is 1.40. The second kappa shape index (κ2) is 5.97. The Labute approximate surface area is 114 Å². The number of nitrogens with zero attached hydrogens (tertiary/aromatic N) is 2. The van der Waals surface area contributed by atoms with Gasteiger partial charge in [0.2, 0.25) is 0 Å². The van der Waals surface area contributed by atoms with E-state index in [0.717, 1.165) is 12.8 Å². The van der Waals surface area contributed by atoms with Crippen LogP contribution in [0.5, 0.6) is 0 Å². The molecule has 0 bridgehead atoms. The highest BCUT2D eigenvalue weighted by atomic mass is 32.1. The van der Waals surface area contributed by atoms with Crippen LogP contribution in [-0.2, 0) is 16.1 Å². The minimum atomic E-state index is -0.224. The number of esters is 1. The number of rotatable bonds is 5. The predicted octanol–water partition coefficient (Wildman–Crippen LogP) is 2.24. The molecule has 2 aromatic heterocycles. The summed E-state index contributed by atoms with van der Waals surface area (Å²) < 4.78 is 6.68. The molecule has 0 aromatic carbocycles. The number of ether oxygens (including phenoxy) is 1. The van der Waals surface area contributed by atoms with Gasteiger partial charge in [0.05, 0.1) is 11.6 Å². The molecule has 0 N–H and O–H groups in total. The van der Waals surface area contributed by atoms with E-state index < -0.39 is 0 Å². The number of hydrogen-bond acceptors (Lipinski definition) is 5. The summed E-state index contributed by atoms with van der Waals surface area (Å²) in [7, 11) is 0. The van der Waals surface area contributed by atoms with E-state index in [-0.39, 0.29) is 24.1 Å². The Morgan fingerprint density at radius 1 is 1.47 bits per heavy atom. The number of carbonyl (C=O) groups excluding carboxylic acids is 1. The van der Waals surface area contributed by atoms with Crippen molar-refractivity contribution >= 4 is 22.3 Å². The van der Waals surface area contributed by atoms with Crippen molar-refractivity contribution in [1.82, 2.24) is 9.38 Å². The second-order valence-corrected chi connectivity index (χ2v) is 5.14. The molecule has 2 heterocycles. The fraction of sp³-hybridized carbons (Fsp3) is 0.462. The number of thiazole rings is 1. The van der Waals surface area contributed by atoms with E-state index in [1.165, 1.54) is 21.8 Å². The maximum atomic E-state index is 11.7. The van der Waals surface area contributed by atoms with Crippen LogP contribution in [0.2, 0.25) is 0 Å². The van der Waals surface area contributed by atoms with Gasteiger partial charge in [-0.25, -0.2) is 4.98 Å². The Morgan fingerprint density at radius 3 is 2.89 bits per heavy atom. The molecule has 0 fully saturated rings. The molecule has 0 aliphatic rings. The molecule has 19 heavy (non-hydrogen) atoms. The standard InChI is InChI=1S/C13H16N2O3S/c1-3-9(4-2)12(17)18-8-10-7-11(16)15-5-6-19-13(15)14-10/h5-7,9H,3-4,8H2,1-2H3. The van der Waals surface area contributed by atoms with Crippen molar-refractivity contribution < 1.29 is 9.53 Å². The van der Waals surface area contributed by atoms with Crippen LogP contribution in [0.3, 0.4) is 0 Å². The molecule has 0 aliphatic carbocycles. The summed E-state index contributed by atoms with van der Waals surface area (Å²) in [6.07, 6.45) is 3.19. The van der Waals surface area contributed by atoms with Gasteiger partial charge < -0.3 is 4.74 Å². The molecule has 0 radical (unpaired) electrons. The Kier molecular flexibility index (Phi) is 4.31. The van der Waals surface area contributed by atoms with Crippen LogP contribution in [0.4, 0.5) is 0 Å². The molecular weight excluding hydrogens is 264 g/mol. The lowest BCUT2D eigenvalue weighted by Crippen LogP contribution is -2.18. The van der Waals surface area contributed by atoms with Gasteiger partial charge in [0.15, 0.2) is 4.96 Å². The van der Waals surface area contributed by atoms with Crippen molar-refractivity contribution in [2.45, 2.75) is 33.3 Å². The minimum absolute atomic E-state index is 0.0545. The van der Waals surface area contributed by atoms with E-state index in [1.54, 1.807) is 11.6 Å². The summed E-state index contributed by atoms with van der Waals surface area (Å²) in [5.74, 6) is -0.301. The molecule has 102 valence electrons. The van der Waals surface area contributed by atoms with Gasteiger partial charge in [0, 0.05) is 17.6 Å². The first kappa shape index (κ1) is 13.7. The fourth-order valence-corrected chi connectivity index (χ4v) is 2.59. The topological polar surface area (TPSA) is 60.7 Å². The lowest BCUT2D eigenvalue weighted by molar-refractivity contribution is -0.150. The highest BCUT2D eigenvalue weighted by Crippen LogP contribution is 2.12. The molecule has 0 unspecified atom stereocenters. The van der Waals surface area contributed by atoms with Crippen LogP contribution in [-0.4, -0.2) is 15.4 Å². The Balaban J connectivity index is 2.09. The maximum absolute atomic E-state index is 11.7. The average Bonchev–Trinajstić information content (AvgIpc) is 2.86. The van der Waals surface area contributed by atoms with E-state index in [0.29, 0.717) is 10.7 Å². The van der Waals surface area contributed by atoms with Crippen LogP contribution in [0, 0.1) is 5.92 Å². The Hall–Kier alpha value is -1.69. The summed E-state index contributed by atoms with van der Waals surface area (Å²) >= 11 is 1.38. The highest BCUT2D eigenvalue weighted by Gasteiger charge is 2.16. The van der Waals surface area contributed by atoms with Gasteiger partial charge in [0.25, 0.3) is 5.56 Å². The average molecular weight is 280 g/mol. The van der Waals surface area contributed by atoms with Gasteiger partial charge in [-0.05, 0) is 12.8 Å². The second-order valence-electron chi connectivity index (χ2n) is 4.26. The lowest BCUT2D eigenvalue weighted by atomic mass is 10.0. The lowest BCUT2D eigenvalue weighted by Gasteiger charge is -2.11. The van der Waals surface area contributed by atoms with E-state index in [4.69, 9.17) is 4.74 Å². The molecule has 0 amide bonds. The smallest absolute Gasteiger partial charge is 0.309 e. The molecule has 2 aromatic rings. The third-order valence-electron chi connectivity index (χ3n) is 3.04. The summed E-state index contributed by atoms with van der Waals surface area (Å²) in [5.41, 5.74) is 0.339. The van der Waals surface area contributed by atoms with Crippen molar-refractivity contribution in [3.63, 3.8) is 0 Å². The van der Waals surface area contributed by atoms with Crippen molar-refractivity contribution in [2.75, 3.05) is 0 Å². The van der Waals surface area contributed by atoms with Crippen LogP contribution < -0.4 is 5.56 Å². The molecule has 0 saturated heterocycles. The van der Waals surface area contributed by atoms with E-state index in [2.05, 4.69) is 4.98 Å². The van der Waals surface area contributed by atoms with Crippen LogP contribution in [0.15, 0.2) is 22.4 Å². The van der Waals surface area contributed by atoms with Crippen LogP contribution in [0.25, 0.3) is 4.96 Å². The number of aromatic nitrogens is 2. The normalized spacial score (nSPS) is 11.1. The highest BCUT2D eigenvalue weighted by molar-refractivity contribution is 7.15. The summed E-state index contributed by atoms with van der Waals surface area (Å²) in [5, 5.41) is 1.80. The van der Waals surface area contributed by atoms with Gasteiger partial charge in [0.1, 0.15) is 6.61 Å². The van der Waals surface area contributed by atoms with Crippen LogP contribution in [0.1, 0.15) is 32.4 Å². The zero-order valence-electron chi connectivity index (χ0n) is 11.0. The maximum Gasteiger partial charge on any atom is 0.309 e. The number of hydrogen-bond donors (Lipinski definition) is 0. The number of carbonyl (C=O) groups is 1. The quantitative estimate of drug-likeness (QED) is 0.788. The molecule has 0 aliphatic heterocycles. The summed E-state index contributed by atoms with van der Waals surface area (Å²) in [6.45, 7) is 3.97. The van der Waals surface area contributed by atoms with Crippen LogP contribution >= 0.6 is 11.3 Å². The third-order valence-corrected chi connectivity index (χ3v) is 3.79. The first-order valence-corrected chi connectivity index (χ1v) is 7.16. The van der Waals surface area contributed by atoms with Crippen molar-refractivity contribution in [2.24, 2.45) is 5.92 Å². The largest absolute Gasteiger partial charge is 0.459 e. The molecule has 0 spiro atoms. The zero-order chi connectivity index (χ0) is 13.8. The Bertz CT molecular complexity index is 628. The molecular formula is C13H16N2O3S. The van der Waals surface area contributed by atoms with Crippen molar-refractivity contribution in [3.05, 3.63) is 33.7 Å². The van der Waals surface area contributed by atoms with Gasteiger partial charge in [-0.2, -0.15) is 0 Å².